The summed E-state index contributed by atoms with van der Waals surface area (Å²) < 4.78 is 0. The summed E-state index contributed by atoms with van der Waals surface area (Å²) in [5.41, 5.74) is 0.226. The second kappa shape index (κ2) is 6.11. The zero-order chi connectivity index (χ0) is 12.1. The van der Waals surface area contributed by atoms with Crippen LogP contribution in [0.1, 0.15) is 41.5 Å². The number of nitrogens with one attached hydrogen (secondary N) is 2. The first-order valence-corrected chi connectivity index (χ1v) is 5.72. The summed E-state index contributed by atoms with van der Waals surface area (Å²) in [6.07, 6.45) is 0. The summed E-state index contributed by atoms with van der Waals surface area (Å²) in [7, 11) is 0. The second-order valence-electron chi connectivity index (χ2n) is 5.76. The number of carbonyl (C=O) groups excluding carboxylic acids is 1. The van der Waals surface area contributed by atoms with Crippen LogP contribution in [0.2, 0.25) is 0 Å². The fraction of sp³-hybridized carbons (Fsp3) is 0.917. The van der Waals surface area contributed by atoms with Crippen molar-refractivity contribution in [3.8, 4) is 0 Å². The Hall–Kier alpha value is -0.570. The van der Waals surface area contributed by atoms with Crippen LogP contribution in [0, 0.1) is 11.3 Å². The molecule has 0 heterocycles. The Morgan fingerprint density at radius 3 is 2.13 bits per heavy atom. The van der Waals surface area contributed by atoms with Crippen LogP contribution in [0.3, 0.4) is 0 Å². The number of amides is 1. The van der Waals surface area contributed by atoms with Gasteiger partial charge < -0.3 is 10.6 Å². The van der Waals surface area contributed by atoms with Gasteiger partial charge >= 0.3 is 0 Å². The van der Waals surface area contributed by atoms with Gasteiger partial charge in [-0.2, -0.15) is 0 Å². The fourth-order valence-electron chi connectivity index (χ4n) is 1.02. The highest BCUT2D eigenvalue weighted by atomic mass is 16.1. The third kappa shape index (κ3) is 8.43. The van der Waals surface area contributed by atoms with Crippen LogP contribution in [0.5, 0.6) is 0 Å². The van der Waals surface area contributed by atoms with Crippen LogP contribution in [0.25, 0.3) is 0 Å². The average Bonchev–Trinajstić information content (AvgIpc) is 2.01. The summed E-state index contributed by atoms with van der Waals surface area (Å²) in [5, 5.41) is 6.12. The van der Waals surface area contributed by atoms with E-state index in [4.69, 9.17) is 0 Å². The maximum Gasteiger partial charge on any atom is 0.234 e. The molecule has 3 heteroatoms. The maximum atomic E-state index is 11.5. The van der Waals surface area contributed by atoms with Crippen molar-refractivity contribution in [2.75, 3.05) is 13.1 Å². The van der Waals surface area contributed by atoms with Gasteiger partial charge in [0.05, 0.1) is 6.54 Å². The van der Waals surface area contributed by atoms with Gasteiger partial charge in [0.15, 0.2) is 0 Å². The van der Waals surface area contributed by atoms with E-state index in [1.807, 2.05) is 6.92 Å². The van der Waals surface area contributed by atoms with E-state index in [1.165, 1.54) is 0 Å². The predicted molar refractivity (Wildman–Crippen MR) is 64.8 cm³/mol. The number of rotatable bonds is 5. The molecule has 0 fully saturated rings. The van der Waals surface area contributed by atoms with E-state index in [1.54, 1.807) is 0 Å². The molecule has 90 valence electrons. The van der Waals surface area contributed by atoms with E-state index in [-0.39, 0.29) is 17.4 Å². The van der Waals surface area contributed by atoms with Gasteiger partial charge in [0.25, 0.3) is 0 Å². The quantitative estimate of drug-likeness (QED) is 0.732. The van der Waals surface area contributed by atoms with Crippen molar-refractivity contribution in [2.45, 2.75) is 47.6 Å². The first-order valence-electron chi connectivity index (χ1n) is 5.72. The topological polar surface area (TPSA) is 41.1 Å². The SMILES string of the molecule is CC(C)C(C)NC(=O)CNCC(C)(C)C. The van der Waals surface area contributed by atoms with Crippen LogP contribution in [0.15, 0.2) is 0 Å². The Morgan fingerprint density at radius 2 is 1.73 bits per heavy atom. The highest BCUT2D eigenvalue weighted by Gasteiger charge is 2.12. The molecule has 0 saturated heterocycles. The lowest BCUT2D eigenvalue weighted by atomic mass is 9.97. The minimum atomic E-state index is 0.0838. The zero-order valence-corrected chi connectivity index (χ0v) is 11.0. The van der Waals surface area contributed by atoms with Crippen molar-refractivity contribution in [1.29, 1.82) is 0 Å². The average molecular weight is 214 g/mol. The Labute approximate surface area is 94.0 Å². The molecule has 1 amide bonds. The van der Waals surface area contributed by atoms with Gasteiger partial charge in [0.1, 0.15) is 0 Å². The van der Waals surface area contributed by atoms with Gasteiger partial charge in [0.2, 0.25) is 5.91 Å². The Balaban J connectivity index is 3.67. The van der Waals surface area contributed by atoms with E-state index in [0.717, 1.165) is 6.54 Å². The molecular weight excluding hydrogens is 188 g/mol. The second-order valence-corrected chi connectivity index (χ2v) is 5.76. The van der Waals surface area contributed by atoms with Crippen molar-refractivity contribution >= 4 is 5.91 Å². The molecule has 0 aliphatic heterocycles. The van der Waals surface area contributed by atoms with Crippen LogP contribution in [0.4, 0.5) is 0 Å². The Kier molecular flexibility index (Phi) is 5.88. The normalized spacial score (nSPS) is 14.1. The summed E-state index contributed by atoms with van der Waals surface area (Å²) in [6.45, 7) is 14.0. The molecule has 15 heavy (non-hydrogen) atoms. The van der Waals surface area contributed by atoms with Crippen molar-refractivity contribution in [3.05, 3.63) is 0 Å². The molecule has 0 aliphatic carbocycles. The van der Waals surface area contributed by atoms with Gasteiger partial charge in [-0.15, -0.1) is 0 Å². The minimum Gasteiger partial charge on any atom is -0.352 e. The van der Waals surface area contributed by atoms with Crippen molar-refractivity contribution in [3.63, 3.8) is 0 Å². The van der Waals surface area contributed by atoms with E-state index in [0.29, 0.717) is 12.5 Å². The molecule has 1 unspecified atom stereocenters. The molecule has 0 aromatic carbocycles. The van der Waals surface area contributed by atoms with Crippen LogP contribution < -0.4 is 10.6 Å². The lowest BCUT2D eigenvalue weighted by Crippen LogP contribution is -2.42. The van der Waals surface area contributed by atoms with Gasteiger partial charge in [-0.3, -0.25) is 4.79 Å². The molecule has 1 atom stereocenters. The summed E-state index contributed by atoms with van der Waals surface area (Å²) in [6, 6.07) is 0.244. The molecule has 2 N–H and O–H groups in total. The number of carbonyl (C=O) groups is 1. The largest absolute Gasteiger partial charge is 0.352 e. The van der Waals surface area contributed by atoms with Gasteiger partial charge in [-0.25, -0.2) is 0 Å². The highest BCUT2D eigenvalue weighted by Crippen LogP contribution is 2.09. The van der Waals surface area contributed by atoms with E-state index in [9.17, 15) is 4.79 Å². The standard InChI is InChI=1S/C12H26N2O/c1-9(2)10(3)14-11(15)7-13-8-12(4,5)6/h9-10,13H,7-8H2,1-6H3,(H,14,15). The Morgan fingerprint density at radius 1 is 1.20 bits per heavy atom. The van der Waals surface area contributed by atoms with Crippen LogP contribution in [-0.2, 0) is 4.79 Å². The third-order valence-corrected chi connectivity index (χ3v) is 2.33. The minimum absolute atomic E-state index is 0.0838. The van der Waals surface area contributed by atoms with Gasteiger partial charge in [0, 0.05) is 12.6 Å². The van der Waals surface area contributed by atoms with E-state index >= 15 is 0 Å². The van der Waals surface area contributed by atoms with Crippen molar-refractivity contribution in [2.24, 2.45) is 11.3 Å². The lowest BCUT2D eigenvalue weighted by molar-refractivity contribution is -0.121. The number of hydrogen-bond donors (Lipinski definition) is 2. The van der Waals surface area contributed by atoms with Crippen LogP contribution >= 0.6 is 0 Å². The van der Waals surface area contributed by atoms with Gasteiger partial charge in [-0.1, -0.05) is 34.6 Å². The predicted octanol–water partition coefficient (Wildman–Crippen LogP) is 1.78. The van der Waals surface area contributed by atoms with E-state index < -0.39 is 0 Å². The summed E-state index contributed by atoms with van der Waals surface area (Å²) in [5.74, 6) is 0.567. The third-order valence-electron chi connectivity index (χ3n) is 2.33. The molecule has 0 aliphatic rings. The highest BCUT2D eigenvalue weighted by molar-refractivity contribution is 5.78. The molecule has 0 aromatic heterocycles. The summed E-state index contributed by atoms with van der Waals surface area (Å²) >= 11 is 0. The smallest absolute Gasteiger partial charge is 0.234 e. The molecule has 0 saturated carbocycles. The van der Waals surface area contributed by atoms with E-state index in [2.05, 4.69) is 45.3 Å². The molecule has 0 rings (SSSR count). The first-order chi connectivity index (χ1) is 6.72. The van der Waals surface area contributed by atoms with Crippen molar-refractivity contribution < 1.29 is 4.79 Å². The zero-order valence-electron chi connectivity index (χ0n) is 11.0. The molecule has 0 aromatic rings. The van der Waals surface area contributed by atoms with Gasteiger partial charge in [-0.05, 0) is 18.3 Å². The Bertz CT molecular complexity index is 194. The molecular formula is C12H26N2O. The molecule has 0 spiro atoms. The molecule has 0 radical (unpaired) electrons. The van der Waals surface area contributed by atoms with Crippen LogP contribution in [-0.4, -0.2) is 25.0 Å². The maximum absolute atomic E-state index is 11.5. The lowest BCUT2D eigenvalue weighted by Gasteiger charge is -2.20. The molecule has 3 nitrogen and oxygen atoms in total. The first kappa shape index (κ1) is 14.4. The summed E-state index contributed by atoms with van der Waals surface area (Å²) in [4.78, 5) is 11.5. The molecule has 0 bridgehead atoms. The van der Waals surface area contributed by atoms with Crippen molar-refractivity contribution in [1.82, 2.24) is 10.6 Å². The fourth-order valence-corrected chi connectivity index (χ4v) is 1.02. The monoisotopic (exact) mass is 214 g/mol. The number of hydrogen-bond acceptors (Lipinski definition) is 2.